The molecule has 0 atom stereocenters. The molecule has 2 aromatic rings. The highest BCUT2D eigenvalue weighted by Gasteiger charge is 2.07. The molecule has 7 heteroatoms. The normalized spacial score (nSPS) is 10.9. The minimum atomic E-state index is -0.870. The zero-order valence-corrected chi connectivity index (χ0v) is 9.78. The molecular weight excluding hydrogens is 236 g/mol. The largest absolute Gasteiger partial charge is 0.481 e. The Morgan fingerprint density at radius 2 is 2.22 bits per heavy atom. The molecule has 2 heterocycles. The van der Waals surface area contributed by atoms with Crippen LogP contribution in [0.15, 0.2) is 12.4 Å². The second kappa shape index (κ2) is 5.54. The summed E-state index contributed by atoms with van der Waals surface area (Å²) in [6.07, 6.45) is 5.20. The number of aliphatic hydroxyl groups excluding tert-OH is 1. The van der Waals surface area contributed by atoms with Gasteiger partial charge in [-0.1, -0.05) is 0 Å². The van der Waals surface area contributed by atoms with E-state index in [1.807, 2.05) is 0 Å². The molecule has 0 aliphatic rings. The van der Waals surface area contributed by atoms with Crippen LogP contribution in [0.1, 0.15) is 24.2 Å². The topological polar surface area (TPSA) is 101 Å². The lowest BCUT2D eigenvalue weighted by Gasteiger charge is -1.98. The molecular formula is C11H14N4O3. The molecule has 0 unspecified atom stereocenters. The van der Waals surface area contributed by atoms with Gasteiger partial charge in [0.25, 0.3) is 5.78 Å². The van der Waals surface area contributed by atoms with Crippen molar-refractivity contribution in [3.8, 4) is 0 Å². The monoisotopic (exact) mass is 250 g/mol. The number of carboxylic acids is 1. The van der Waals surface area contributed by atoms with E-state index in [1.165, 1.54) is 0 Å². The Balaban J connectivity index is 2.14. The van der Waals surface area contributed by atoms with Gasteiger partial charge in [-0.3, -0.25) is 4.79 Å². The maximum atomic E-state index is 10.5. The third kappa shape index (κ3) is 3.01. The van der Waals surface area contributed by atoms with Crippen LogP contribution in [-0.2, 0) is 17.6 Å². The van der Waals surface area contributed by atoms with Gasteiger partial charge in [0, 0.05) is 25.4 Å². The van der Waals surface area contributed by atoms with E-state index in [9.17, 15) is 4.79 Å². The van der Waals surface area contributed by atoms with Crippen LogP contribution in [0, 0.1) is 0 Å². The van der Waals surface area contributed by atoms with Crippen LogP contribution in [0.3, 0.4) is 0 Å². The summed E-state index contributed by atoms with van der Waals surface area (Å²) in [5.41, 5.74) is 0.964. The summed E-state index contributed by atoms with van der Waals surface area (Å²) in [6.45, 7) is 0.138. The van der Waals surface area contributed by atoms with Crippen LogP contribution >= 0.6 is 0 Å². The van der Waals surface area contributed by atoms with Gasteiger partial charge in [-0.2, -0.15) is 4.98 Å². The van der Waals surface area contributed by atoms with Gasteiger partial charge in [-0.25, -0.2) is 9.50 Å². The van der Waals surface area contributed by atoms with Crippen LogP contribution in [0.2, 0.25) is 0 Å². The third-order valence-corrected chi connectivity index (χ3v) is 2.48. The molecule has 0 saturated carbocycles. The van der Waals surface area contributed by atoms with Crippen molar-refractivity contribution < 1.29 is 15.0 Å². The second-order valence-electron chi connectivity index (χ2n) is 3.96. The summed E-state index contributed by atoms with van der Waals surface area (Å²) in [6, 6.07) is 0. The molecule has 0 amide bonds. The van der Waals surface area contributed by atoms with Gasteiger partial charge >= 0.3 is 5.97 Å². The summed E-state index contributed by atoms with van der Waals surface area (Å²) in [4.78, 5) is 18.7. The number of hydrogen-bond acceptors (Lipinski definition) is 5. The Labute approximate surface area is 103 Å². The molecule has 2 rings (SSSR count). The van der Waals surface area contributed by atoms with E-state index >= 15 is 0 Å². The molecule has 0 bridgehead atoms. The third-order valence-electron chi connectivity index (χ3n) is 2.48. The van der Waals surface area contributed by atoms with Crippen LogP contribution in [-0.4, -0.2) is 42.4 Å². The second-order valence-corrected chi connectivity index (χ2v) is 3.96. The fourth-order valence-corrected chi connectivity index (χ4v) is 1.60. The molecule has 2 N–H and O–H groups in total. The number of nitrogens with zero attached hydrogens (tertiary/aromatic N) is 4. The molecule has 0 spiro atoms. The van der Waals surface area contributed by atoms with E-state index in [0.29, 0.717) is 24.4 Å². The highest BCUT2D eigenvalue weighted by molar-refractivity contribution is 5.66. The number of fused-ring (bicyclic) bond motifs is 1. The quantitative estimate of drug-likeness (QED) is 0.752. The van der Waals surface area contributed by atoms with Crippen molar-refractivity contribution in [1.82, 2.24) is 19.6 Å². The molecule has 7 nitrogen and oxygen atoms in total. The van der Waals surface area contributed by atoms with E-state index in [4.69, 9.17) is 10.2 Å². The zero-order valence-electron chi connectivity index (χ0n) is 9.78. The number of carbonyl (C=O) groups is 1. The van der Waals surface area contributed by atoms with Crippen molar-refractivity contribution in [2.45, 2.75) is 25.7 Å². The van der Waals surface area contributed by atoms with Crippen LogP contribution in [0.25, 0.3) is 5.78 Å². The van der Waals surface area contributed by atoms with Gasteiger partial charge < -0.3 is 10.2 Å². The average molecular weight is 250 g/mol. The standard InChI is InChI=1S/C11H14N4O3/c16-5-1-2-8-6-12-11-13-9(3-4-10(17)18)14-15(11)7-8/h6-7,16H,1-5H2,(H,17,18). The number of hydrogen-bond donors (Lipinski definition) is 2. The molecule has 0 radical (unpaired) electrons. The number of rotatable bonds is 6. The summed E-state index contributed by atoms with van der Waals surface area (Å²) >= 11 is 0. The summed E-state index contributed by atoms with van der Waals surface area (Å²) < 4.78 is 1.55. The lowest BCUT2D eigenvalue weighted by molar-refractivity contribution is -0.137. The summed E-state index contributed by atoms with van der Waals surface area (Å²) in [7, 11) is 0. The number of aromatic nitrogens is 4. The van der Waals surface area contributed by atoms with Crippen LogP contribution in [0.5, 0.6) is 0 Å². The SMILES string of the molecule is O=C(O)CCc1nc2ncc(CCCO)cn2n1. The highest BCUT2D eigenvalue weighted by Crippen LogP contribution is 2.05. The number of carboxylic acid groups (broad SMARTS) is 1. The molecule has 18 heavy (non-hydrogen) atoms. The molecule has 0 aliphatic carbocycles. The Morgan fingerprint density at radius 3 is 2.94 bits per heavy atom. The zero-order chi connectivity index (χ0) is 13.0. The Morgan fingerprint density at radius 1 is 1.39 bits per heavy atom. The van der Waals surface area contributed by atoms with Crippen LogP contribution < -0.4 is 0 Å². The summed E-state index contributed by atoms with van der Waals surface area (Å²) in [5.74, 6) is 0.0674. The molecule has 0 fully saturated rings. The number of aliphatic carboxylic acids is 1. The van der Waals surface area contributed by atoms with E-state index in [1.54, 1.807) is 16.9 Å². The Hall–Kier alpha value is -2.02. The molecule has 0 saturated heterocycles. The smallest absolute Gasteiger partial charge is 0.303 e. The first kappa shape index (κ1) is 12.4. The maximum absolute atomic E-state index is 10.5. The number of aryl methyl sites for hydroxylation is 2. The van der Waals surface area contributed by atoms with Gasteiger partial charge in [-0.15, -0.1) is 5.10 Å². The Kier molecular flexibility index (Phi) is 3.83. The van der Waals surface area contributed by atoms with Gasteiger partial charge in [0.15, 0.2) is 5.82 Å². The fraction of sp³-hybridized carbons (Fsp3) is 0.455. The average Bonchev–Trinajstić information content (AvgIpc) is 2.75. The van der Waals surface area contributed by atoms with Gasteiger partial charge in [-0.05, 0) is 18.4 Å². The van der Waals surface area contributed by atoms with E-state index in [-0.39, 0.29) is 13.0 Å². The maximum Gasteiger partial charge on any atom is 0.303 e. The number of aliphatic hydroxyl groups is 1. The molecule has 96 valence electrons. The molecule has 0 aliphatic heterocycles. The minimum absolute atomic E-state index is 0.00819. The predicted octanol–water partition coefficient (Wildman–Crippen LogP) is 0.0664. The molecule has 2 aromatic heterocycles. The van der Waals surface area contributed by atoms with E-state index in [2.05, 4.69) is 15.1 Å². The predicted molar refractivity (Wildman–Crippen MR) is 62.1 cm³/mol. The van der Waals surface area contributed by atoms with Gasteiger partial charge in [0.1, 0.15) is 0 Å². The van der Waals surface area contributed by atoms with E-state index in [0.717, 1.165) is 12.0 Å². The minimum Gasteiger partial charge on any atom is -0.481 e. The van der Waals surface area contributed by atoms with E-state index < -0.39 is 5.97 Å². The Bertz CT molecular complexity index is 552. The van der Waals surface area contributed by atoms with Crippen molar-refractivity contribution in [3.05, 3.63) is 23.8 Å². The van der Waals surface area contributed by atoms with Crippen LogP contribution in [0.4, 0.5) is 0 Å². The van der Waals surface area contributed by atoms with Crippen molar-refractivity contribution >= 4 is 11.7 Å². The van der Waals surface area contributed by atoms with Gasteiger partial charge in [0.05, 0.1) is 6.42 Å². The first-order chi connectivity index (χ1) is 8.69. The lowest BCUT2D eigenvalue weighted by atomic mass is 10.2. The van der Waals surface area contributed by atoms with Gasteiger partial charge in [0.2, 0.25) is 0 Å². The van der Waals surface area contributed by atoms with Crippen molar-refractivity contribution in [2.24, 2.45) is 0 Å². The van der Waals surface area contributed by atoms with Crippen molar-refractivity contribution in [1.29, 1.82) is 0 Å². The lowest BCUT2D eigenvalue weighted by Crippen LogP contribution is -1.99. The van der Waals surface area contributed by atoms with Crippen molar-refractivity contribution in [2.75, 3.05) is 6.61 Å². The van der Waals surface area contributed by atoms with Crippen molar-refractivity contribution in [3.63, 3.8) is 0 Å². The first-order valence-corrected chi connectivity index (χ1v) is 5.72. The first-order valence-electron chi connectivity index (χ1n) is 5.72. The summed E-state index contributed by atoms with van der Waals surface area (Å²) in [5, 5.41) is 21.5. The molecule has 0 aromatic carbocycles. The highest BCUT2D eigenvalue weighted by atomic mass is 16.4. The fourth-order valence-electron chi connectivity index (χ4n) is 1.60.